The van der Waals surface area contributed by atoms with E-state index in [0.717, 1.165) is 25.0 Å². The highest BCUT2D eigenvalue weighted by atomic mass is 19.2. The molecule has 0 saturated heterocycles. The molecule has 0 amide bonds. The fourth-order valence-corrected chi connectivity index (χ4v) is 1.71. The molecule has 1 aromatic rings. The quantitative estimate of drug-likeness (QED) is 0.578. The van der Waals surface area contributed by atoms with Crippen LogP contribution in [0.15, 0.2) is 12.1 Å². The normalized spacial score (nSPS) is 12.7. The molecule has 2 nitrogen and oxygen atoms in total. The smallest absolute Gasteiger partial charge is 0.194 e. The maximum atomic E-state index is 13.2. The van der Waals surface area contributed by atoms with Gasteiger partial charge in [-0.05, 0) is 37.1 Å². The van der Waals surface area contributed by atoms with Crippen molar-refractivity contribution >= 4 is 0 Å². The molecular weight excluding hydrogens is 255 g/mol. The highest BCUT2D eigenvalue weighted by Gasteiger charge is 2.17. The Labute approximate surface area is 112 Å². The van der Waals surface area contributed by atoms with Crippen molar-refractivity contribution in [2.45, 2.75) is 32.7 Å². The molecule has 108 valence electrons. The minimum Gasteiger partial charge on any atom is -0.379 e. The minimum absolute atomic E-state index is 0.304. The zero-order chi connectivity index (χ0) is 14.3. The van der Waals surface area contributed by atoms with Crippen molar-refractivity contribution in [2.75, 3.05) is 19.8 Å². The van der Waals surface area contributed by atoms with Gasteiger partial charge in [0.25, 0.3) is 0 Å². The highest BCUT2D eigenvalue weighted by Crippen LogP contribution is 2.20. The monoisotopic (exact) mass is 275 g/mol. The third-order valence-corrected chi connectivity index (χ3v) is 2.68. The summed E-state index contributed by atoms with van der Waals surface area (Å²) in [6.07, 6.45) is 1.75. The molecule has 1 N–H and O–H groups in total. The lowest BCUT2D eigenvalue weighted by molar-refractivity contribution is 0.111. The number of nitrogens with one attached hydrogen (secondary N) is 1. The summed E-state index contributed by atoms with van der Waals surface area (Å²) in [5, 5.41) is 3.14. The molecule has 0 radical (unpaired) electrons. The molecule has 0 fully saturated rings. The second-order valence-corrected chi connectivity index (χ2v) is 4.38. The summed E-state index contributed by atoms with van der Waals surface area (Å²) >= 11 is 0. The first-order valence-corrected chi connectivity index (χ1v) is 6.55. The molecular formula is C14H20F3NO. The summed E-state index contributed by atoms with van der Waals surface area (Å²) in [4.78, 5) is 0. The Morgan fingerprint density at radius 3 is 2.26 bits per heavy atom. The average Bonchev–Trinajstić information content (AvgIpc) is 2.39. The summed E-state index contributed by atoms with van der Waals surface area (Å²) in [5.74, 6) is -3.78. The Kier molecular flexibility index (Phi) is 6.87. The van der Waals surface area contributed by atoms with Crippen LogP contribution in [-0.2, 0) is 4.74 Å². The number of benzene rings is 1. The van der Waals surface area contributed by atoms with Crippen molar-refractivity contribution < 1.29 is 17.9 Å². The predicted octanol–water partition coefficient (Wildman–Crippen LogP) is 3.57. The Bertz CT molecular complexity index is 375. The molecule has 1 atom stereocenters. The molecule has 1 rings (SSSR count). The van der Waals surface area contributed by atoms with E-state index in [9.17, 15) is 13.2 Å². The highest BCUT2D eigenvalue weighted by molar-refractivity contribution is 5.22. The van der Waals surface area contributed by atoms with Gasteiger partial charge in [-0.3, -0.25) is 0 Å². The number of ether oxygens (including phenoxy) is 1. The number of hydrogen-bond donors (Lipinski definition) is 1. The second kappa shape index (κ2) is 8.17. The topological polar surface area (TPSA) is 21.3 Å². The Morgan fingerprint density at radius 2 is 1.74 bits per heavy atom. The zero-order valence-corrected chi connectivity index (χ0v) is 11.3. The van der Waals surface area contributed by atoms with Crippen LogP contribution in [0.5, 0.6) is 0 Å². The van der Waals surface area contributed by atoms with Crippen LogP contribution < -0.4 is 5.32 Å². The van der Waals surface area contributed by atoms with Gasteiger partial charge in [0.1, 0.15) is 0 Å². The van der Waals surface area contributed by atoms with E-state index in [0.29, 0.717) is 25.3 Å². The van der Waals surface area contributed by atoms with Gasteiger partial charge in [-0.15, -0.1) is 0 Å². The summed E-state index contributed by atoms with van der Waals surface area (Å²) in [6, 6.07) is 1.69. The average molecular weight is 275 g/mol. The Hall–Kier alpha value is -1.07. The van der Waals surface area contributed by atoms with Crippen LogP contribution in [-0.4, -0.2) is 19.8 Å². The number of hydrogen-bond acceptors (Lipinski definition) is 2. The van der Waals surface area contributed by atoms with E-state index in [1.165, 1.54) is 0 Å². The third-order valence-electron chi connectivity index (χ3n) is 2.68. The van der Waals surface area contributed by atoms with Crippen LogP contribution in [0, 0.1) is 17.5 Å². The van der Waals surface area contributed by atoms with E-state index in [1.807, 2.05) is 13.8 Å². The fourth-order valence-electron chi connectivity index (χ4n) is 1.71. The number of rotatable bonds is 8. The van der Waals surface area contributed by atoms with E-state index in [4.69, 9.17) is 4.74 Å². The van der Waals surface area contributed by atoms with Crippen molar-refractivity contribution in [3.8, 4) is 0 Å². The van der Waals surface area contributed by atoms with Crippen LogP contribution >= 0.6 is 0 Å². The lowest BCUT2D eigenvalue weighted by Gasteiger charge is -2.19. The molecule has 0 aliphatic heterocycles. The molecule has 1 aromatic carbocycles. The van der Waals surface area contributed by atoms with E-state index < -0.39 is 17.5 Å². The standard InChI is InChI=1S/C14H20F3NO/c1-3-5-18-13(9-19-6-4-2)10-7-11(15)14(17)12(16)8-10/h7-8,13,18H,3-6,9H2,1-2H3. The first-order chi connectivity index (χ1) is 9.10. The summed E-state index contributed by atoms with van der Waals surface area (Å²) in [7, 11) is 0. The van der Waals surface area contributed by atoms with Crippen LogP contribution in [0.4, 0.5) is 13.2 Å². The second-order valence-electron chi connectivity index (χ2n) is 4.38. The minimum atomic E-state index is -1.44. The van der Waals surface area contributed by atoms with Crippen LogP contribution in [0.25, 0.3) is 0 Å². The van der Waals surface area contributed by atoms with Gasteiger partial charge in [0.15, 0.2) is 17.5 Å². The van der Waals surface area contributed by atoms with Crippen molar-refractivity contribution in [3.05, 3.63) is 35.1 Å². The molecule has 0 spiro atoms. The van der Waals surface area contributed by atoms with Gasteiger partial charge in [-0.2, -0.15) is 0 Å². The first-order valence-electron chi connectivity index (χ1n) is 6.55. The first kappa shape index (κ1) is 16.0. The Morgan fingerprint density at radius 1 is 1.11 bits per heavy atom. The lowest BCUT2D eigenvalue weighted by Crippen LogP contribution is -2.27. The summed E-state index contributed by atoms with van der Waals surface area (Å²) < 4.78 is 44.8. The summed E-state index contributed by atoms with van der Waals surface area (Å²) in [6.45, 7) is 5.55. The van der Waals surface area contributed by atoms with Crippen molar-refractivity contribution in [2.24, 2.45) is 0 Å². The van der Waals surface area contributed by atoms with Crippen LogP contribution in [0.3, 0.4) is 0 Å². The summed E-state index contributed by atoms with van der Waals surface area (Å²) in [5.41, 5.74) is 0.362. The molecule has 0 aliphatic carbocycles. The molecule has 0 bridgehead atoms. The molecule has 19 heavy (non-hydrogen) atoms. The van der Waals surface area contributed by atoms with Gasteiger partial charge in [0.05, 0.1) is 12.6 Å². The van der Waals surface area contributed by atoms with Crippen molar-refractivity contribution in [1.29, 1.82) is 0 Å². The molecule has 0 heterocycles. The molecule has 5 heteroatoms. The Balaban J connectivity index is 2.83. The maximum Gasteiger partial charge on any atom is 0.194 e. The van der Waals surface area contributed by atoms with Gasteiger partial charge < -0.3 is 10.1 Å². The van der Waals surface area contributed by atoms with E-state index >= 15 is 0 Å². The van der Waals surface area contributed by atoms with Crippen molar-refractivity contribution in [3.63, 3.8) is 0 Å². The van der Waals surface area contributed by atoms with Gasteiger partial charge in [0.2, 0.25) is 0 Å². The molecule has 0 saturated carbocycles. The van der Waals surface area contributed by atoms with Crippen molar-refractivity contribution in [1.82, 2.24) is 5.32 Å². The van der Waals surface area contributed by atoms with Crippen LogP contribution in [0.2, 0.25) is 0 Å². The van der Waals surface area contributed by atoms with Gasteiger partial charge in [-0.1, -0.05) is 13.8 Å². The van der Waals surface area contributed by atoms with Crippen LogP contribution in [0.1, 0.15) is 38.3 Å². The van der Waals surface area contributed by atoms with Gasteiger partial charge in [-0.25, -0.2) is 13.2 Å². The van der Waals surface area contributed by atoms with E-state index in [-0.39, 0.29) is 6.04 Å². The predicted molar refractivity (Wildman–Crippen MR) is 68.5 cm³/mol. The molecule has 0 aliphatic rings. The largest absolute Gasteiger partial charge is 0.379 e. The zero-order valence-electron chi connectivity index (χ0n) is 11.3. The van der Waals surface area contributed by atoms with E-state index in [1.54, 1.807) is 0 Å². The fraction of sp³-hybridized carbons (Fsp3) is 0.571. The van der Waals surface area contributed by atoms with E-state index in [2.05, 4.69) is 5.32 Å². The molecule has 1 unspecified atom stereocenters. The van der Waals surface area contributed by atoms with Gasteiger partial charge >= 0.3 is 0 Å². The SMILES string of the molecule is CCCNC(COCCC)c1cc(F)c(F)c(F)c1. The van der Waals surface area contributed by atoms with Gasteiger partial charge in [0, 0.05) is 6.61 Å². The lowest BCUT2D eigenvalue weighted by atomic mass is 10.1. The maximum absolute atomic E-state index is 13.2. The number of halogens is 3. The molecule has 0 aromatic heterocycles. The third kappa shape index (κ3) is 4.84.